The van der Waals surface area contributed by atoms with Gasteiger partial charge in [-0.15, -0.1) is 0 Å². The molecule has 4 nitrogen and oxygen atoms in total. The summed E-state index contributed by atoms with van der Waals surface area (Å²) in [5, 5.41) is 9.96. The van der Waals surface area contributed by atoms with Gasteiger partial charge in [-0.3, -0.25) is 4.79 Å². The predicted octanol–water partition coefficient (Wildman–Crippen LogP) is 2.00. The van der Waals surface area contributed by atoms with E-state index in [4.69, 9.17) is 4.74 Å². The predicted molar refractivity (Wildman–Crippen MR) is 70.4 cm³/mol. The monoisotopic (exact) mass is 266 g/mol. The van der Waals surface area contributed by atoms with Crippen molar-refractivity contribution in [2.24, 2.45) is 11.8 Å². The van der Waals surface area contributed by atoms with Crippen LogP contribution in [0.5, 0.6) is 0 Å². The number of ether oxygens (including phenoxy) is 1. The Bertz CT molecular complexity index is 437. The minimum Gasteiger partial charge on any atom is -0.451 e. The zero-order valence-electron chi connectivity index (χ0n) is 11.9. The Balaban J connectivity index is 2.50. The third-order valence-corrected chi connectivity index (χ3v) is 4.87. The van der Waals surface area contributed by atoms with Gasteiger partial charge in [-0.25, -0.2) is 4.79 Å². The van der Waals surface area contributed by atoms with Gasteiger partial charge in [0.05, 0.1) is 0 Å². The lowest BCUT2D eigenvalue weighted by Gasteiger charge is -2.52. The highest BCUT2D eigenvalue weighted by molar-refractivity contribution is 6.17. The van der Waals surface area contributed by atoms with Gasteiger partial charge in [0.1, 0.15) is 5.60 Å². The summed E-state index contributed by atoms with van der Waals surface area (Å²) in [5.41, 5.74) is -2.74. The third-order valence-electron chi connectivity index (χ3n) is 4.87. The van der Waals surface area contributed by atoms with E-state index in [1.807, 2.05) is 13.8 Å². The molecule has 1 spiro atoms. The summed E-state index contributed by atoms with van der Waals surface area (Å²) in [5.74, 6) is -1.26. The van der Waals surface area contributed by atoms with Gasteiger partial charge in [-0.05, 0) is 26.2 Å². The van der Waals surface area contributed by atoms with Gasteiger partial charge in [-0.1, -0.05) is 26.8 Å². The first-order valence-electron chi connectivity index (χ1n) is 6.98. The van der Waals surface area contributed by atoms with Crippen LogP contribution in [0.1, 0.15) is 46.5 Å². The molecule has 2 unspecified atom stereocenters. The van der Waals surface area contributed by atoms with E-state index >= 15 is 0 Å². The maximum absolute atomic E-state index is 12.3. The van der Waals surface area contributed by atoms with Crippen LogP contribution < -0.4 is 0 Å². The smallest absolute Gasteiger partial charge is 0.346 e. The van der Waals surface area contributed by atoms with Crippen molar-refractivity contribution in [2.75, 3.05) is 0 Å². The molecule has 1 N–H and O–H groups in total. The molecule has 19 heavy (non-hydrogen) atoms. The quantitative estimate of drug-likeness (QED) is 0.448. The normalized spacial score (nSPS) is 43.5. The summed E-state index contributed by atoms with van der Waals surface area (Å²) in [4.78, 5) is 24.3. The molecule has 1 saturated heterocycles. The molecule has 2 rings (SSSR count). The summed E-state index contributed by atoms with van der Waals surface area (Å²) >= 11 is 0. The number of carbonyl (C=O) groups excluding carboxylic acids is 2. The third kappa shape index (κ3) is 1.76. The van der Waals surface area contributed by atoms with Gasteiger partial charge in [0, 0.05) is 17.4 Å². The summed E-state index contributed by atoms with van der Waals surface area (Å²) in [6.45, 7) is 9.07. The van der Waals surface area contributed by atoms with E-state index in [2.05, 4.69) is 6.58 Å². The molecule has 1 aliphatic heterocycles. The fraction of sp³-hybridized carbons (Fsp3) is 0.733. The highest BCUT2D eigenvalue weighted by Crippen LogP contribution is 2.50. The summed E-state index contributed by atoms with van der Waals surface area (Å²) < 4.78 is 5.62. The van der Waals surface area contributed by atoms with Crippen molar-refractivity contribution in [3.8, 4) is 0 Å². The molecule has 2 aliphatic rings. The first-order valence-corrected chi connectivity index (χ1v) is 6.98. The van der Waals surface area contributed by atoms with Gasteiger partial charge >= 0.3 is 5.97 Å². The van der Waals surface area contributed by atoms with Crippen molar-refractivity contribution in [2.45, 2.75) is 57.7 Å². The van der Waals surface area contributed by atoms with Crippen molar-refractivity contribution in [1.29, 1.82) is 0 Å². The number of hydrogen-bond donors (Lipinski definition) is 1. The zero-order valence-corrected chi connectivity index (χ0v) is 11.9. The molecule has 1 saturated carbocycles. The molecule has 106 valence electrons. The van der Waals surface area contributed by atoms with Crippen LogP contribution in [0.2, 0.25) is 0 Å². The number of rotatable bonds is 1. The lowest BCUT2D eigenvalue weighted by molar-refractivity contribution is -0.202. The summed E-state index contributed by atoms with van der Waals surface area (Å²) in [6.07, 6.45) is 3.71. The highest BCUT2D eigenvalue weighted by Gasteiger charge is 2.61. The van der Waals surface area contributed by atoms with Gasteiger partial charge in [-0.2, -0.15) is 0 Å². The maximum atomic E-state index is 12.3. The fourth-order valence-corrected chi connectivity index (χ4v) is 3.62. The molecule has 0 aromatic heterocycles. The van der Waals surface area contributed by atoms with Crippen molar-refractivity contribution in [3.63, 3.8) is 0 Å². The van der Waals surface area contributed by atoms with Crippen molar-refractivity contribution in [1.82, 2.24) is 0 Å². The van der Waals surface area contributed by atoms with Gasteiger partial charge in [0.15, 0.2) is 0 Å². The minimum absolute atomic E-state index is 0.0581. The molecule has 0 aromatic carbocycles. The van der Waals surface area contributed by atoms with Crippen molar-refractivity contribution in [3.05, 3.63) is 12.2 Å². The van der Waals surface area contributed by atoms with E-state index in [-0.39, 0.29) is 17.4 Å². The molecular formula is C15H22O4. The van der Waals surface area contributed by atoms with Gasteiger partial charge in [0.2, 0.25) is 11.4 Å². The Kier molecular flexibility index (Phi) is 3.33. The molecule has 0 aromatic rings. The van der Waals surface area contributed by atoms with Crippen LogP contribution in [0.15, 0.2) is 12.2 Å². The van der Waals surface area contributed by atoms with E-state index in [0.717, 1.165) is 25.7 Å². The summed E-state index contributed by atoms with van der Waals surface area (Å²) in [6, 6.07) is 0. The Labute approximate surface area is 113 Å². The standard InChI is InChI=1S/C15H22O4/c1-5-11-8-6-7-9(2)15(11)10(3)12(16)14(4,18)13(17)19-15/h9,11,18H,3,5-8H2,1-2,4H3/t9?,11?,14-,15+/m1/s1. The Morgan fingerprint density at radius 1 is 1.42 bits per heavy atom. The lowest BCUT2D eigenvalue weighted by Crippen LogP contribution is -2.64. The van der Waals surface area contributed by atoms with Crippen LogP contribution in [-0.4, -0.2) is 28.1 Å². The van der Waals surface area contributed by atoms with E-state index in [1.165, 1.54) is 6.92 Å². The molecule has 0 bridgehead atoms. The summed E-state index contributed by atoms with van der Waals surface area (Å²) in [7, 11) is 0. The first-order chi connectivity index (χ1) is 8.78. The van der Waals surface area contributed by atoms with E-state index < -0.39 is 23.0 Å². The van der Waals surface area contributed by atoms with Crippen molar-refractivity contribution >= 4 is 11.8 Å². The van der Waals surface area contributed by atoms with Crippen LogP contribution in [0.3, 0.4) is 0 Å². The second-order valence-electron chi connectivity index (χ2n) is 6.00. The van der Waals surface area contributed by atoms with E-state index in [9.17, 15) is 14.7 Å². The molecule has 2 fully saturated rings. The average Bonchev–Trinajstić information content (AvgIpc) is 2.37. The molecule has 4 heteroatoms. The van der Waals surface area contributed by atoms with Crippen LogP contribution >= 0.6 is 0 Å². The number of aliphatic hydroxyl groups is 1. The van der Waals surface area contributed by atoms with E-state index in [1.54, 1.807) is 0 Å². The Hall–Kier alpha value is -1.16. The highest BCUT2D eigenvalue weighted by atomic mass is 16.6. The second-order valence-corrected chi connectivity index (χ2v) is 6.00. The number of esters is 1. The number of ketones is 1. The molecule has 1 heterocycles. The van der Waals surface area contributed by atoms with Gasteiger partial charge in [0.25, 0.3) is 0 Å². The van der Waals surface area contributed by atoms with E-state index in [0.29, 0.717) is 0 Å². The van der Waals surface area contributed by atoms with Gasteiger partial charge < -0.3 is 9.84 Å². The lowest BCUT2D eigenvalue weighted by atomic mass is 9.61. The Morgan fingerprint density at radius 2 is 2.05 bits per heavy atom. The van der Waals surface area contributed by atoms with Crippen molar-refractivity contribution < 1.29 is 19.4 Å². The number of hydrogen-bond acceptors (Lipinski definition) is 4. The first kappa shape index (κ1) is 14.3. The number of carbonyl (C=O) groups is 2. The molecule has 4 atom stereocenters. The average molecular weight is 266 g/mol. The van der Waals surface area contributed by atoms with Crippen LogP contribution in [0, 0.1) is 11.8 Å². The van der Waals surface area contributed by atoms with Crippen LogP contribution in [-0.2, 0) is 14.3 Å². The molecule has 1 aliphatic carbocycles. The maximum Gasteiger partial charge on any atom is 0.346 e. The molecule has 0 radical (unpaired) electrons. The minimum atomic E-state index is -2.09. The topological polar surface area (TPSA) is 63.6 Å². The van der Waals surface area contributed by atoms with Crippen LogP contribution in [0.4, 0.5) is 0 Å². The largest absolute Gasteiger partial charge is 0.451 e. The zero-order chi connectivity index (χ0) is 14.4. The Morgan fingerprint density at radius 3 is 2.63 bits per heavy atom. The molecular weight excluding hydrogens is 244 g/mol. The second kappa shape index (κ2) is 4.44. The molecule has 0 amide bonds. The SMILES string of the molecule is C=C1C(=O)[C@@](C)(O)C(=O)O[C@@]12C(C)CCCC2CC. The van der Waals surface area contributed by atoms with Crippen LogP contribution in [0.25, 0.3) is 0 Å². The number of Topliss-reactive ketones (excluding diaryl/α,β-unsaturated/α-hetero) is 1. The fourth-order valence-electron chi connectivity index (χ4n) is 3.62.